The Balaban J connectivity index is 0.00000288. The Hall–Kier alpha value is -1.96. The molecule has 0 bridgehead atoms. The molecule has 4 N–H and O–H groups in total. The minimum Gasteiger partial charge on any atom is -0.346 e. The van der Waals surface area contributed by atoms with Gasteiger partial charge in [-0.2, -0.15) is 0 Å². The molecule has 0 radical (unpaired) electrons. The van der Waals surface area contributed by atoms with Crippen LogP contribution in [0.25, 0.3) is 10.6 Å². The van der Waals surface area contributed by atoms with E-state index in [4.69, 9.17) is 5.73 Å². The van der Waals surface area contributed by atoms with Crippen LogP contribution >= 0.6 is 23.7 Å². The average Bonchev–Trinajstić information content (AvgIpc) is 3.06. The highest BCUT2D eigenvalue weighted by molar-refractivity contribution is 7.13. The number of amides is 2. The van der Waals surface area contributed by atoms with Crippen molar-refractivity contribution in [1.82, 2.24) is 10.3 Å². The third kappa shape index (κ3) is 5.59. The molecule has 0 aliphatic rings. The van der Waals surface area contributed by atoms with E-state index in [1.165, 1.54) is 11.3 Å². The maximum Gasteiger partial charge on any atom is 0.243 e. The molecule has 0 aliphatic carbocycles. The summed E-state index contributed by atoms with van der Waals surface area (Å²) in [5.41, 5.74) is 7.31. The van der Waals surface area contributed by atoms with Crippen molar-refractivity contribution >= 4 is 41.2 Å². The summed E-state index contributed by atoms with van der Waals surface area (Å²) in [6.07, 6.45) is 1.73. The van der Waals surface area contributed by atoms with E-state index in [0.29, 0.717) is 5.69 Å². The summed E-state index contributed by atoms with van der Waals surface area (Å²) in [6, 6.07) is 6.79. The number of rotatable bonds is 6. The number of thiazole rings is 1. The Bertz CT molecular complexity index is 676. The predicted molar refractivity (Wildman–Crippen MR) is 99.3 cm³/mol. The van der Waals surface area contributed by atoms with Crippen LogP contribution in [0.4, 0.5) is 5.69 Å². The van der Waals surface area contributed by atoms with Gasteiger partial charge in [0, 0.05) is 22.8 Å². The van der Waals surface area contributed by atoms with E-state index < -0.39 is 6.04 Å². The van der Waals surface area contributed by atoms with Crippen LogP contribution in [-0.4, -0.2) is 29.4 Å². The van der Waals surface area contributed by atoms with Gasteiger partial charge in [0.05, 0.1) is 12.6 Å². The first-order chi connectivity index (χ1) is 11.0. The van der Waals surface area contributed by atoms with Gasteiger partial charge in [0.2, 0.25) is 11.8 Å². The minimum atomic E-state index is -0.615. The Kier molecular flexibility index (Phi) is 7.84. The zero-order valence-corrected chi connectivity index (χ0v) is 15.1. The molecule has 2 aromatic rings. The third-order valence-electron chi connectivity index (χ3n) is 3.27. The molecule has 130 valence electrons. The van der Waals surface area contributed by atoms with Crippen molar-refractivity contribution in [1.29, 1.82) is 0 Å². The van der Waals surface area contributed by atoms with Gasteiger partial charge in [-0.3, -0.25) is 9.59 Å². The first-order valence-corrected chi connectivity index (χ1v) is 8.18. The zero-order valence-electron chi connectivity index (χ0n) is 13.5. The average molecular weight is 369 g/mol. The standard InChI is InChI=1S/C16H20N4O2S.ClH/c1-10(2)14(17)15(22)19-9-13(21)20-12-5-3-4-11(8-12)16-18-6-7-23-16;/h3-8,10,14H,9,17H2,1-2H3,(H,19,22)(H,20,21);1H/t14-;/m0./s1. The summed E-state index contributed by atoms with van der Waals surface area (Å²) in [6.45, 7) is 3.60. The van der Waals surface area contributed by atoms with E-state index >= 15 is 0 Å². The van der Waals surface area contributed by atoms with Gasteiger partial charge in [0.1, 0.15) is 5.01 Å². The van der Waals surface area contributed by atoms with E-state index in [-0.39, 0.29) is 36.7 Å². The molecule has 1 heterocycles. The van der Waals surface area contributed by atoms with Crippen LogP contribution in [0.3, 0.4) is 0 Å². The first-order valence-electron chi connectivity index (χ1n) is 7.30. The molecule has 0 aliphatic heterocycles. The van der Waals surface area contributed by atoms with E-state index in [0.717, 1.165) is 10.6 Å². The first kappa shape index (κ1) is 20.1. The Morgan fingerprint density at radius 2 is 2.08 bits per heavy atom. The fourth-order valence-corrected chi connectivity index (χ4v) is 2.52. The van der Waals surface area contributed by atoms with Gasteiger partial charge in [0.15, 0.2) is 0 Å². The van der Waals surface area contributed by atoms with E-state index in [1.54, 1.807) is 12.3 Å². The Morgan fingerprint density at radius 1 is 1.33 bits per heavy atom. The molecule has 0 fully saturated rings. The predicted octanol–water partition coefficient (Wildman–Crippen LogP) is 2.27. The van der Waals surface area contributed by atoms with Crippen LogP contribution < -0.4 is 16.4 Å². The normalized spacial score (nSPS) is 11.5. The molecule has 0 saturated carbocycles. The fraction of sp³-hybridized carbons (Fsp3) is 0.312. The summed E-state index contributed by atoms with van der Waals surface area (Å²) >= 11 is 1.53. The number of anilines is 1. The quantitative estimate of drug-likeness (QED) is 0.728. The molecule has 1 atom stereocenters. The number of nitrogens with two attached hydrogens (primary N) is 1. The van der Waals surface area contributed by atoms with Gasteiger partial charge in [0.25, 0.3) is 0 Å². The smallest absolute Gasteiger partial charge is 0.243 e. The van der Waals surface area contributed by atoms with Gasteiger partial charge in [-0.05, 0) is 18.1 Å². The van der Waals surface area contributed by atoms with Crippen LogP contribution in [0.1, 0.15) is 13.8 Å². The highest BCUT2D eigenvalue weighted by Gasteiger charge is 2.17. The second-order valence-electron chi connectivity index (χ2n) is 5.45. The molecule has 2 rings (SSSR count). The molecule has 0 spiro atoms. The number of nitrogens with one attached hydrogen (secondary N) is 2. The van der Waals surface area contributed by atoms with Crippen LogP contribution in [0.15, 0.2) is 35.8 Å². The van der Waals surface area contributed by atoms with E-state index in [2.05, 4.69) is 15.6 Å². The number of aromatic nitrogens is 1. The van der Waals surface area contributed by atoms with Crippen LogP contribution in [0.5, 0.6) is 0 Å². The highest BCUT2D eigenvalue weighted by atomic mass is 35.5. The SMILES string of the molecule is CC(C)[C@H](N)C(=O)NCC(=O)Nc1cccc(-c2nccs2)c1.Cl. The molecule has 6 nitrogen and oxygen atoms in total. The maximum atomic E-state index is 11.9. The lowest BCUT2D eigenvalue weighted by molar-refractivity contribution is -0.125. The molecule has 1 aromatic carbocycles. The lowest BCUT2D eigenvalue weighted by Crippen LogP contribution is -2.46. The molecule has 8 heteroatoms. The molecular formula is C16H21ClN4O2S. The van der Waals surface area contributed by atoms with Crippen molar-refractivity contribution in [3.05, 3.63) is 35.8 Å². The van der Waals surface area contributed by atoms with Crippen molar-refractivity contribution in [2.45, 2.75) is 19.9 Å². The Labute approximate surface area is 151 Å². The number of carbonyl (C=O) groups excluding carboxylic acids is 2. The lowest BCUT2D eigenvalue weighted by Gasteiger charge is -2.15. The van der Waals surface area contributed by atoms with Crippen molar-refractivity contribution < 1.29 is 9.59 Å². The van der Waals surface area contributed by atoms with Gasteiger partial charge in [-0.15, -0.1) is 23.7 Å². The number of carbonyl (C=O) groups is 2. The van der Waals surface area contributed by atoms with Crippen LogP contribution in [0.2, 0.25) is 0 Å². The molecule has 24 heavy (non-hydrogen) atoms. The summed E-state index contributed by atoms with van der Waals surface area (Å²) < 4.78 is 0. The lowest BCUT2D eigenvalue weighted by atomic mass is 10.1. The number of benzene rings is 1. The Morgan fingerprint density at radius 3 is 2.71 bits per heavy atom. The molecule has 0 unspecified atom stereocenters. The van der Waals surface area contributed by atoms with Gasteiger partial charge in [-0.25, -0.2) is 4.98 Å². The number of nitrogens with zero attached hydrogens (tertiary/aromatic N) is 1. The van der Waals surface area contributed by atoms with Gasteiger partial charge < -0.3 is 16.4 Å². The number of halogens is 1. The minimum absolute atomic E-state index is 0. The molecule has 0 saturated heterocycles. The van der Waals surface area contributed by atoms with Crippen LogP contribution in [0, 0.1) is 5.92 Å². The summed E-state index contributed by atoms with van der Waals surface area (Å²) in [4.78, 5) is 27.9. The number of hydrogen-bond acceptors (Lipinski definition) is 5. The second kappa shape index (κ2) is 9.36. The van der Waals surface area contributed by atoms with Gasteiger partial charge >= 0.3 is 0 Å². The van der Waals surface area contributed by atoms with Gasteiger partial charge in [-0.1, -0.05) is 26.0 Å². The summed E-state index contributed by atoms with van der Waals surface area (Å²) in [5, 5.41) is 8.07. The topological polar surface area (TPSA) is 97.1 Å². The summed E-state index contributed by atoms with van der Waals surface area (Å²) in [7, 11) is 0. The fourth-order valence-electron chi connectivity index (χ4n) is 1.89. The van der Waals surface area contributed by atoms with Crippen molar-refractivity contribution in [2.75, 3.05) is 11.9 Å². The van der Waals surface area contributed by atoms with Crippen molar-refractivity contribution in [3.63, 3.8) is 0 Å². The second-order valence-corrected chi connectivity index (χ2v) is 6.35. The van der Waals surface area contributed by atoms with Crippen LogP contribution in [-0.2, 0) is 9.59 Å². The maximum absolute atomic E-state index is 11.9. The molecular weight excluding hydrogens is 348 g/mol. The van der Waals surface area contributed by atoms with E-state index in [9.17, 15) is 9.59 Å². The van der Waals surface area contributed by atoms with Crippen molar-refractivity contribution in [2.24, 2.45) is 11.7 Å². The highest BCUT2D eigenvalue weighted by Crippen LogP contribution is 2.24. The van der Waals surface area contributed by atoms with E-state index in [1.807, 2.05) is 37.4 Å². The third-order valence-corrected chi connectivity index (χ3v) is 4.09. The zero-order chi connectivity index (χ0) is 16.8. The molecule has 1 aromatic heterocycles. The molecule has 2 amide bonds. The van der Waals surface area contributed by atoms with Crippen molar-refractivity contribution in [3.8, 4) is 10.6 Å². The largest absolute Gasteiger partial charge is 0.346 e. The monoisotopic (exact) mass is 368 g/mol. The number of hydrogen-bond donors (Lipinski definition) is 3. The summed E-state index contributed by atoms with van der Waals surface area (Å²) in [5.74, 6) is -0.606.